The van der Waals surface area contributed by atoms with Crippen LogP contribution in [0.3, 0.4) is 0 Å². The van der Waals surface area contributed by atoms with Crippen molar-refractivity contribution in [1.29, 1.82) is 0 Å². The van der Waals surface area contributed by atoms with Crippen LogP contribution in [0.2, 0.25) is 0 Å². The van der Waals surface area contributed by atoms with Crippen molar-refractivity contribution in [3.63, 3.8) is 0 Å². The van der Waals surface area contributed by atoms with Gasteiger partial charge >= 0.3 is 6.09 Å². The van der Waals surface area contributed by atoms with Crippen molar-refractivity contribution in [1.82, 2.24) is 25.1 Å². The quantitative estimate of drug-likeness (QED) is 0.619. The molecule has 31 heavy (non-hydrogen) atoms. The third kappa shape index (κ3) is 5.33. The summed E-state index contributed by atoms with van der Waals surface area (Å²) in [7, 11) is 0. The number of carbonyl (C=O) groups excluding carboxylic acids is 1. The number of aryl methyl sites for hydroxylation is 1. The van der Waals surface area contributed by atoms with Crippen LogP contribution >= 0.6 is 0 Å². The zero-order valence-electron chi connectivity index (χ0n) is 17.6. The van der Waals surface area contributed by atoms with Crippen LogP contribution in [0.4, 0.5) is 4.79 Å². The lowest BCUT2D eigenvalue weighted by Crippen LogP contribution is -2.43. The summed E-state index contributed by atoms with van der Waals surface area (Å²) < 4.78 is 11.5. The fourth-order valence-corrected chi connectivity index (χ4v) is 3.58. The van der Waals surface area contributed by atoms with Crippen molar-refractivity contribution >= 4 is 6.09 Å². The molecule has 8 nitrogen and oxygen atoms in total. The first-order chi connectivity index (χ1) is 15.1. The van der Waals surface area contributed by atoms with Gasteiger partial charge in [-0.1, -0.05) is 17.7 Å². The van der Waals surface area contributed by atoms with Crippen LogP contribution in [-0.4, -0.2) is 50.4 Å². The van der Waals surface area contributed by atoms with Crippen molar-refractivity contribution < 1.29 is 14.3 Å². The second kappa shape index (κ2) is 9.51. The van der Waals surface area contributed by atoms with Gasteiger partial charge in [0.1, 0.15) is 11.9 Å². The maximum absolute atomic E-state index is 12.4. The average Bonchev–Trinajstić information content (AvgIpc) is 2.82. The first-order valence-electron chi connectivity index (χ1n) is 10.4. The Bertz CT molecular complexity index is 988. The molecule has 0 bridgehead atoms. The molecule has 3 aromatic rings. The number of ether oxygens (including phenoxy) is 2. The Morgan fingerprint density at radius 3 is 2.45 bits per heavy atom. The van der Waals surface area contributed by atoms with Crippen LogP contribution < -0.4 is 9.47 Å². The fraction of sp³-hybridized carbons (Fsp3) is 0.348. The highest BCUT2D eigenvalue weighted by atomic mass is 16.6. The number of benzene rings is 1. The van der Waals surface area contributed by atoms with Crippen molar-refractivity contribution in [3.05, 3.63) is 60.7 Å². The summed E-state index contributed by atoms with van der Waals surface area (Å²) in [4.78, 5) is 22.9. The van der Waals surface area contributed by atoms with Crippen molar-refractivity contribution in [2.75, 3.05) is 13.1 Å². The summed E-state index contributed by atoms with van der Waals surface area (Å²) in [5.41, 5.74) is 2.70. The smallest absolute Gasteiger partial charge is 0.415 e. The predicted octanol–water partition coefficient (Wildman–Crippen LogP) is 3.92. The van der Waals surface area contributed by atoms with E-state index in [9.17, 15) is 4.79 Å². The van der Waals surface area contributed by atoms with Crippen LogP contribution in [0, 0.1) is 12.8 Å². The van der Waals surface area contributed by atoms with E-state index in [1.165, 1.54) is 0 Å². The van der Waals surface area contributed by atoms with Gasteiger partial charge in [0, 0.05) is 18.7 Å². The van der Waals surface area contributed by atoms with Crippen LogP contribution in [0.25, 0.3) is 11.3 Å². The average molecular weight is 419 g/mol. The standard InChI is InChI=1S/C23H25N5O3/c1-16-3-5-20(6-4-16)31-23(29)28-11-8-18(9-12-28)17(2)30-22-15-24-21(14-25-22)19-7-10-26-27-13-19/h3-7,10,13-15,17-18H,8-9,11-12H2,1-2H3/t17-/m0/s1. The zero-order chi connectivity index (χ0) is 21.6. The molecule has 160 valence electrons. The molecule has 0 unspecified atom stereocenters. The summed E-state index contributed by atoms with van der Waals surface area (Å²) in [5.74, 6) is 1.38. The van der Waals surface area contributed by atoms with Gasteiger partial charge in [-0.05, 0) is 50.8 Å². The minimum atomic E-state index is -0.303. The number of carbonyl (C=O) groups is 1. The zero-order valence-corrected chi connectivity index (χ0v) is 17.6. The highest BCUT2D eigenvalue weighted by Crippen LogP contribution is 2.25. The van der Waals surface area contributed by atoms with E-state index in [4.69, 9.17) is 9.47 Å². The van der Waals surface area contributed by atoms with E-state index >= 15 is 0 Å². The molecule has 1 fully saturated rings. The number of amides is 1. The molecule has 0 radical (unpaired) electrons. The van der Waals surface area contributed by atoms with Gasteiger partial charge in [-0.15, -0.1) is 0 Å². The van der Waals surface area contributed by atoms with Crippen LogP contribution in [-0.2, 0) is 0 Å². The maximum atomic E-state index is 12.4. The number of hydrogen-bond acceptors (Lipinski definition) is 7. The van der Waals surface area contributed by atoms with Crippen LogP contribution in [0.5, 0.6) is 11.6 Å². The Hall–Kier alpha value is -3.55. The normalized spacial score (nSPS) is 15.4. The SMILES string of the molecule is Cc1ccc(OC(=O)N2CCC([C@H](C)Oc3cnc(-c4ccnnc4)cn3)CC2)cc1. The van der Waals surface area contributed by atoms with Crippen molar-refractivity contribution in [3.8, 4) is 22.9 Å². The summed E-state index contributed by atoms with van der Waals surface area (Å²) in [5, 5.41) is 7.62. The number of rotatable bonds is 5. The second-order valence-electron chi connectivity index (χ2n) is 7.70. The van der Waals surface area contributed by atoms with Gasteiger partial charge in [0.25, 0.3) is 0 Å². The van der Waals surface area contributed by atoms with Crippen molar-refractivity contribution in [2.24, 2.45) is 5.92 Å². The Balaban J connectivity index is 1.26. The lowest BCUT2D eigenvalue weighted by Gasteiger charge is -2.34. The Kier molecular flexibility index (Phi) is 6.35. The molecule has 2 aromatic heterocycles. The minimum Gasteiger partial charge on any atom is -0.473 e. The highest BCUT2D eigenvalue weighted by Gasteiger charge is 2.28. The van der Waals surface area contributed by atoms with Gasteiger partial charge in [0.05, 0.1) is 30.5 Å². The summed E-state index contributed by atoms with van der Waals surface area (Å²) >= 11 is 0. The van der Waals surface area contributed by atoms with E-state index in [1.54, 1.807) is 29.7 Å². The second-order valence-corrected chi connectivity index (χ2v) is 7.70. The molecule has 4 rings (SSSR count). The van der Waals surface area contributed by atoms with Crippen LogP contribution in [0.1, 0.15) is 25.3 Å². The number of aromatic nitrogens is 4. The predicted molar refractivity (Wildman–Crippen MR) is 115 cm³/mol. The Morgan fingerprint density at radius 1 is 1.03 bits per heavy atom. The largest absolute Gasteiger partial charge is 0.473 e. The third-order valence-electron chi connectivity index (χ3n) is 5.50. The number of hydrogen-bond donors (Lipinski definition) is 0. The molecule has 8 heteroatoms. The van der Waals surface area contributed by atoms with Gasteiger partial charge in [-0.2, -0.15) is 10.2 Å². The van der Waals surface area contributed by atoms with Gasteiger partial charge in [-0.3, -0.25) is 0 Å². The van der Waals surface area contributed by atoms with Gasteiger partial charge in [-0.25, -0.2) is 14.8 Å². The van der Waals surface area contributed by atoms with E-state index in [0.29, 0.717) is 30.6 Å². The summed E-state index contributed by atoms with van der Waals surface area (Å²) in [6, 6.07) is 9.31. The van der Waals surface area contributed by atoms with E-state index in [-0.39, 0.29) is 12.2 Å². The molecule has 1 atom stereocenters. The van der Waals surface area contributed by atoms with Gasteiger partial charge in [0.15, 0.2) is 0 Å². The molecular weight excluding hydrogens is 394 g/mol. The van der Waals surface area contributed by atoms with E-state index in [1.807, 2.05) is 44.2 Å². The highest BCUT2D eigenvalue weighted by molar-refractivity contribution is 5.70. The molecule has 3 heterocycles. The number of nitrogens with zero attached hydrogens (tertiary/aromatic N) is 5. The summed E-state index contributed by atoms with van der Waals surface area (Å²) in [6.07, 6.45) is 7.91. The maximum Gasteiger partial charge on any atom is 0.415 e. The molecule has 0 spiro atoms. The summed E-state index contributed by atoms with van der Waals surface area (Å²) in [6.45, 7) is 5.32. The van der Waals surface area contributed by atoms with Crippen LogP contribution in [0.15, 0.2) is 55.1 Å². The van der Waals surface area contributed by atoms with E-state index in [0.717, 1.165) is 29.7 Å². The molecule has 0 aliphatic carbocycles. The Labute approximate surface area is 181 Å². The first-order valence-corrected chi connectivity index (χ1v) is 10.4. The monoisotopic (exact) mass is 419 g/mol. The molecule has 1 saturated heterocycles. The van der Waals surface area contributed by atoms with Crippen molar-refractivity contribution in [2.45, 2.75) is 32.8 Å². The lowest BCUT2D eigenvalue weighted by molar-refractivity contribution is 0.0814. The Morgan fingerprint density at radius 2 is 1.81 bits per heavy atom. The molecule has 1 amide bonds. The van der Waals surface area contributed by atoms with E-state index in [2.05, 4.69) is 20.2 Å². The molecule has 0 N–H and O–H groups in total. The molecule has 1 aromatic carbocycles. The third-order valence-corrected chi connectivity index (χ3v) is 5.50. The minimum absolute atomic E-state index is 0.0296. The molecule has 1 aliphatic heterocycles. The van der Waals surface area contributed by atoms with Gasteiger partial charge in [0.2, 0.25) is 5.88 Å². The molecular formula is C23H25N5O3. The molecule has 1 aliphatic rings. The first kappa shape index (κ1) is 20.7. The fourth-order valence-electron chi connectivity index (χ4n) is 3.58. The number of likely N-dealkylation sites (tertiary alicyclic amines) is 1. The number of piperidine rings is 1. The van der Waals surface area contributed by atoms with Gasteiger partial charge < -0.3 is 14.4 Å². The topological polar surface area (TPSA) is 90.3 Å². The lowest BCUT2D eigenvalue weighted by atomic mass is 9.92. The molecule has 0 saturated carbocycles. The van der Waals surface area contributed by atoms with E-state index < -0.39 is 0 Å².